The summed E-state index contributed by atoms with van der Waals surface area (Å²) in [5.41, 5.74) is 9.90. The molecule has 0 radical (unpaired) electrons. The second-order valence-corrected chi connectivity index (χ2v) is 12.9. The number of nitrogens with zero attached hydrogens (tertiary/aromatic N) is 1. The van der Waals surface area contributed by atoms with Gasteiger partial charge < -0.3 is 9.32 Å². The van der Waals surface area contributed by atoms with Crippen molar-refractivity contribution in [3.63, 3.8) is 0 Å². The molecule has 0 N–H and O–H groups in total. The predicted molar refractivity (Wildman–Crippen MR) is 212 cm³/mol. The van der Waals surface area contributed by atoms with Crippen molar-refractivity contribution in [1.29, 1.82) is 0 Å². The molecule has 0 saturated carbocycles. The van der Waals surface area contributed by atoms with Crippen molar-refractivity contribution in [1.82, 2.24) is 0 Å². The highest BCUT2D eigenvalue weighted by Crippen LogP contribution is 2.46. The maximum atomic E-state index is 6.73. The van der Waals surface area contributed by atoms with Crippen LogP contribution in [0.25, 0.3) is 76.5 Å². The lowest BCUT2D eigenvalue weighted by Gasteiger charge is -2.27. The Kier molecular flexibility index (Phi) is 6.53. The molecule has 0 unspecified atom stereocenters. The highest BCUT2D eigenvalue weighted by molar-refractivity contribution is 6.22. The van der Waals surface area contributed by atoms with Crippen LogP contribution in [0.15, 0.2) is 192 Å². The summed E-state index contributed by atoms with van der Waals surface area (Å²) in [6, 6.07) is 67.4. The van der Waals surface area contributed by atoms with Gasteiger partial charge in [-0.05, 0) is 86.3 Å². The Morgan fingerprint density at radius 1 is 0.360 bits per heavy atom. The number of anilines is 3. The van der Waals surface area contributed by atoms with Gasteiger partial charge in [0.05, 0.1) is 5.69 Å². The molecule has 234 valence electrons. The number of fused-ring (bicyclic) bond motifs is 7. The molecule has 0 aliphatic heterocycles. The molecule has 1 aromatic heterocycles. The van der Waals surface area contributed by atoms with Crippen LogP contribution in [0.1, 0.15) is 0 Å². The van der Waals surface area contributed by atoms with Gasteiger partial charge in [0.15, 0.2) is 0 Å². The van der Waals surface area contributed by atoms with Gasteiger partial charge in [-0.3, -0.25) is 0 Å². The van der Waals surface area contributed by atoms with E-state index in [1.807, 2.05) is 0 Å². The van der Waals surface area contributed by atoms with E-state index in [-0.39, 0.29) is 0 Å². The third-order valence-corrected chi connectivity index (χ3v) is 10.0. The SMILES string of the molecule is c1ccc(-c2cc3ccccc3c3oc4ccc(N(c5ccccc5)c5cccc6c(-c7cccc8ccccc78)cccc56)cc4c23)cc1. The first-order valence-corrected chi connectivity index (χ1v) is 17.1. The summed E-state index contributed by atoms with van der Waals surface area (Å²) < 4.78 is 6.73. The molecule has 0 spiro atoms. The summed E-state index contributed by atoms with van der Waals surface area (Å²) in [5.74, 6) is 0. The second-order valence-electron chi connectivity index (χ2n) is 12.9. The summed E-state index contributed by atoms with van der Waals surface area (Å²) in [6.07, 6.45) is 0. The van der Waals surface area contributed by atoms with Crippen LogP contribution in [0.3, 0.4) is 0 Å². The monoisotopic (exact) mass is 637 g/mol. The van der Waals surface area contributed by atoms with E-state index in [4.69, 9.17) is 4.42 Å². The van der Waals surface area contributed by atoms with Gasteiger partial charge in [-0.25, -0.2) is 0 Å². The molecular weight excluding hydrogens is 607 g/mol. The molecule has 50 heavy (non-hydrogen) atoms. The topological polar surface area (TPSA) is 16.4 Å². The maximum absolute atomic E-state index is 6.73. The van der Waals surface area contributed by atoms with Gasteiger partial charge in [0.25, 0.3) is 0 Å². The Hall–Kier alpha value is -6.64. The van der Waals surface area contributed by atoms with Crippen LogP contribution >= 0.6 is 0 Å². The van der Waals surface area contributed by atoms with Crippen LogP contribution in [0, 0.1) is 0 Å². The van der Waals surface area contributed by atoms with Crippen molar-refractivity contribution in [2.24, 2.45) is 0 Å². The Labute approximate surface area is 290 Å². The minimum atomic E-state index is 0.876. The molecule has 2 nitrogen and oxygen atoms in total. The van der Waals surface area contributed by atoms with E-state index in [0.29, 0.717) is 0 Å². The van der Waals surface area contributed by atoms with Gasteiger partial charge in [0.1, 0.15) is 11.2 Å². The zero-order valence-electron chi connectivity index (χ0n) is 27.3. The molecule has 2 heteroatoms. The second kappa shape index (κ2) is 11.5. The van der Waals surface area contributed by atoms with E-state index < -0.39 is 0 Å². The average molecular weight is 638 g/mol. The number of benzene rings is 9. The fraction of sp³-hybridized carbons (Fsp3) is 0. The molecule has 1 heterocycles. The average Bonchev–Trinajstić information content (AvgIpc) is 3.58. The Morgan fingerprint density at radius 3 is 1.82 bits per heavy atom. The van der Waals surface area contributed by atoms with Crippen LogP contribution in [-0.4, -0.2) is 0 Å². The zero-order valence-corrected chi connectivity index (χ0v) is 27.3. The van der Waals surface area contributed by atoms with Crippen LogP contribution < -0.4 is 4.90 Å². The first-order valence-electron chi connectivity index (χ1n) is 17.1. The number of para-hydroxylation sites is 1. The molecule has 0 aliphatic rings. The molecule has 0 amide bonds. The van der Waals surface area contributed by atoms with Crippen molar-refractivity contribution < 1.29 is 4.42 Å². The molecule has 0 atom stereocenters. The van der Waals surface area contributed by atoms with Gasteiger partial charge in [0.2, 0.25) is 0 Å². The van der Waals surface area contributed by atoms with Crippen LogP contribution in [0.2, 0.25) is 0 Å². The Morgan fingerprint density at radius 2 is 0.980 bits per heavy atom. The lowest BCUT2D eigenvalue weighted by atomic mass is 9.93. The summed E-state index contributed by atoms with van der Waals surface area (Å²) in [7, 11) is 0. The predicted octanol–water partition coefficient (Wildman–Crippen LogP) is 13.8. The Bertz CT molecular complexity index is 2860. The minimum Gasteiger partial charge on any atom is -0.455 e. The summed E-state index contributed by atoms with van der Waals surface area (Å²) >= 11 is 0. The summed E-state index contributed by atoms with van der Waals surface area (Å²) in [5, 5.41) is 9.43. The molecular formula is C48H31NO. The normalized spacial score (nSPS) is 11.6. The van der Waals surface area contributed by atoms with Crippen molar-refractivity contribution in [2.75, 3.05) is 4.90 Å². The highest BCUT2D eigenvalue weighted by atomic mass is 16.3. The molecule has 0 saturated heterocycles. The molecule has 10 aromatic rings. The Balaban J connectivity index is 1.24. The minimum absolute atomic E-state index is 0.876. The fourth-order valence-corrected chi connectivity index (χ4v) is 7.77. The van der Waals surface area contributed by atoms with E-state index in [1.54, 1.807) is 0 Å². The fourth-order valence-electron chi connectivity index (χ4n) is 7.77. The van der Waals surface area contributed by atoms with Gasteiger partial charge in [-0.15, -0.1) is 0 Å². The number of hydrogen-bond donors (Lipinski definition) is 0. The highest BCUT2D eigenvalue weighted by Gasteiger charge is 2.21. The molecule has 9 aromatic carbocycles. The molecule has 0 bridgehead atoms. The number of furan rings is 1. The third-order valence-electron chi connectivity index (χ3n) is 10.0. The van der Waals surface area contributed by atoms with E-state index in [0.717, 1.165) is 44.4 Å². The summed E-state index contributed by atoms with van der Waals surface area (Å²) in [4.78, 5) is 2.39. The van der Waals surface area contributed by atoms with Gasteiger partial charge in [-0.1, -0.05) is 146 Å². The lowest BCUT2D eigenvalue weighted by molar-refractivity contribution is 0.673. The molecule has 0 aliphatic carbocycles. The summed E-state index contributed by atoms with van der Waals surface area (Å²) in [6.45, 7) is 0. The van der Waals surface area contributed by atoms with Crippen LogP contribution in [-0.2, 0) is 0 Å². The van der Waals surface area contributed by atoms with Gasteiger partial charge >= 0.3 is 0 Å². The third kappa shape index (κ3) is 4.50. The standard InChI is InChI=1S/C48H31NO/c1-3-14-33(15-4-1)43-30-34-17-8-10-22-38(34)48-47(43)44-31-36(28-29-46(44)50-48)49(35-19-5-2-6-20-35)45-27-13-25-41-40(24-12-26-42(41)45)39-23-11-18-32-16-7-9-21-37(32)39/h1-31H. The van der Waals surface area contributed by atoms with Gasteiger partial charge in [-0.2, -0.15) is 0 Å². The van der Waals surface area contributed by atoms with Crippen molar-refractivity contribution in [3.05, 3.63) is 188 Å². The van der Waals surface area contributed by atoms with E-state index >= 15 is 0 Å². The van der Waals surface area contributed by atoms with E-state index in [2.05, 4.69) is 193 Å². The van der Waals surface area contributed by atoms with Crippen molar-refractivity contribution in [3.8, 4) is 22.3 Å². The molecule has 0 fully saturated rings. The van der Waals surface area contributed by atoms with Crippen LogP contribution in [0.4, 0.5) is 17.1 Å². The van der Waals surface area contributed by atoms with E-state index in [9.17, 15) is 0 Å². The first-order chi connectivity index (χ1) is 24.8. The zero-order chi connectivity index (χ0) is 33.0. The van der Waals surface area contributed by atoms with Crippen molar-refractivity contribution in [2.45, 2.75) is 0 Å². The molecule has 10 rings (SSSR count). The van der Waals surface area contributed by atoms with Crippen molar-refractivity contribution >= 4 is 71.3 Å². The smallest absolute Gasteiger partial charge is 0.143 e. The van der Waals surface area contributed by atoms with Crippen LogP contribution in [0.5, 0.6) is 0 Å². The largest absolute Gasteiger partial charge is 0.455 e. The maximum Gasteiger partial charge on any atom is 0.143 e. The number of rotatable bonds is 5. The lowest BCUT2D eigenvalue weighted by Crippen LogP contribution is -2.10. The van der Waals surface area contributed by atoms with Gasteiger partial charge in [0, 0.05) is 32.9 Å². The quantitative estimate of drug-likeness (QED) is 0.187. The first kappa shape index (κ1) is 28.4. The number of hydrogen-bond acceptors (Lipinski definition) is 2. The van der Waals surface area contributed by atoms with E-state index in [1.165, 1.54) is 49.2 Å².